The molecule has 18 atom stereocenters. The Balaban J connectivity index is 1.80. The lowest BCUT2D eigenvalue weighted by atomic mass is 9.74. The van der Waals surface area contributed by atoms with Crippen LogP contribution in [0.1, 0.15) is 88.0 Å². The molecule has 8 unspecified atom stereocenters. The molecule has 0 radical (unpaired) electrons. The number of aliphatic hydroxyl groups excluding tert-OH is 2. The van der Waals surface area contributed by atoms with Crippen LogP contribution in [0.5, 0.6) is 0 Å². The van der Waals surface area contributed by atoms with Crippen LogP contribution < -0.4 is 0 Å². The highest BCUT2D eigenvalue weighted by molar-refractivity contribution is 5.83. The third-order valence-corrected chi connectivity index (χ3v) is 11.6. The zero-order valence-corrected chi connectivity index (χ0v) is 31.9. The Hall–Kier alpha value is -1.30. The van der Waals surface area contributed by atoms with Crippen molar-refractivity contribution in [2.75, 3.05) is 21.2 Å². The lowest BCUT2D eigenvalue weighted by Gasteiger charge is -2.48. The first-order valence-electron chi connectivity index (χ1n) is 18.2. The Labute approximate surface area is 297 Å². The third-order valence-electron chi connectivity index (χ3n) is 11.6. The monoisotopic (exact) mass is 717 g/mol. The Kier molecular flexibility index (Phi) is 12.9. The zero-order valence-electron chi connectivity index (χ0n) is 31.9. The van der Waals surface area contributed by atoms with Crippen LogP contribution in [0.2, 0.25) is 0 Å². The van der Waals surface area contributed by atoms with Gasteiger partial charge < -0.3 is 58.5 Å². The van der Waals surface area contributed by atoms with Gasteiger partial charge in [0, 0.05) is 30.9 Å². The number of ketones is 1. The highest BCUT2D eigenvalue weighted by atomic mass is 16.8. The molecule has 4 aliphatic rings. The van der Waals surface area contributed by atoms with E-state index in [1.807, 2.05) is 32.8 Å². The summed E-state index contributed by atoms with van der Waals surface area (Å²) < 4.78 is 43.0. The molecule has 4 heterocycles. The van der Waals surface area contributed by atoms with Crippen LogP contribution in [0.3, 0.4) is 0 Å². The molecule has 4 saturated heterocycles. The van der Waals surface area contributed by atoms with Crippen LogP contribution in [0.15, 0.2) is 0 Å². The van der Waals surface area contributed by atoms with Gasteiger partial charge in [0.15, 0.2) is 12.6 Å². The molecule has 0 amide bonds. The summed E-state index contributed by atoms with van der Waals surface area (Å²) in [4.78, 5) is 29.7. The second-order valence-electron chi connectivity index (χ2n) is 16.1. The fourth-order valence-corrected chi connectivity index (χ4v) is 8.53. The van der Waals surface area contributed by atoms with Crippen molar-refractivity contribution in [2.45, 2.75) is 172 Å². The predicted molar refractivity (Wildman–Crippen MR) is 179 cm³/mol. The second kappa shape index (κ2) is 15.6. The molecule has 0 spiro atoms. The van der Waals surface area contributed by atoms with Gasteiger partial charge in [-0.1, -0.05) is 27.7 Å². The number of ether oxygens (including phenoxy) is 7. The zero-order chi connectivity index (χ0) is 37.7. The Bertz CT molecular complexity index is 1180. The van der Waals surface area contributed by atoms with Gasteiger partial charge in [-0.3, -0.25) is 9.59 Å². The number of aliphatic hydroxyl groups is 4. The Morgan fingerprint density at radius 3 is 2.16 bits per heavy atom. The molecule has 4 aliphatic heterocycles. The summed E-state index contributed by atoms with van der Waals surface area (Å²) in [5.41, 5.74) is -3.74. The minimum absolute atomic E-state index is 0.114. The number of nitrogens with zero attached hydrogens (tertiary/aromatic N) is 1. The van der Waals surface area contributed by atoms with Gasteiger partial charge in [0.05, 0.1) is 48.5 Å². The van der Waals surface area contributed by atoms with Gasteiger partial charge in [-0.25, -0.2) is 0 Å². The van der Waals surface area contributed by atoms with Gasteiger partial charge in [-0.05, 0) is 68.0 Å². The van der Waals surface area contributed by atoms with Gasteiger partial charge in [-0.15, -0.1) is 0 Å². The summed E-state index contributed by atoms with van der Waals surface area (Å²) in [6, 6.07) is -0.307. The molecule has 4 N–H and O–H groups in total. The molecule has 0 aromatic rings. The van der Waals surface area contributed by atoms with Gasteiger partial charge >= 0.3 is 5.97 Å². The smallest absolute Gasteiger partial charge is 0.311 e. The van der Waals surface area contributed by atoms with Crippen molar-refractivity contribution < 1.29 is 63.2 Å². The molecule has 0 aliphatic carbocycles. The normalized spacial score (nSPS) is 51.1. The van der Waals surface area contributed by atoms with Gasteiger partial charge in [0.2, 0.25) is 5.79 Å². The van der Waals surface area contributed by atoms with Crippen molar-refractivity contribution in [3.05, 3.63) is 0 Å². The van der Waals surface area contributed by atoms with Crippen molar-refractivity contribution in [1.29, 1.82) is 0 Å². The summed E-state index contributed by atoms with van der Waals surface area (Å²) in [5.74, 6) is -5.71. The van der Waals surface area contributed by atoms with E-state index >= 15 is 0 Å². The van der Waals surface area contributed by atoms with Crippen LogP contribution >= 0.6 is 0 Å². The first-order chi connectivity index (χ1) is 23.1. The summed E-state index contributed by atoms with van der Waals surface area (Å²) >= 11 is 0. The summed E-state index contributed by atoms with van der Waals surface area (Å²) in [6.07, 6.45) is -8.24. The molecule has 290 valence electrons. The molecule has 0 saturated carbocycles. The topological polar surface area (TPSA) is 186 Å². The standard InChI is InChI=1S/C36H63NO13/c1-13-24-35(9,43)29(40)19(4)26(38)17(2)15-34(8,42)30(49-33-27(39)23(37(10)11)14-18(3)45-33)20(5)28(21(6)32(41)47-24)48-25-16-36(44-12)31(50-36)22(7)46-25/h17-25,27-31,33,39-40,42-43H,13-16H2,1-12H3/t17-,18?,19+,20+,21-,22?,23?,24-,25?,27?,28+,29-,30-,31?,33?,34-,35-,36?/m1/s1. The van der Waals surface area contributed by atoms with Crippen molar-refractivity contribution in [3.63, 3.8) is 0 Å². The Morgan fingerprint density at radius 2 is 1.58 bits per heavy atom. The van der Waals surface area contributed by atoms with Crippen molar-refractivity contribution in [2.24, 2.45) is 23.7 Å². The highest BCUT2D eigenvalue weighted by Crippen LogP contribution is 2.49. The average Bonchev–Trinajstić information content (AvgIpc) is 3.79. The van der Waals surface area contributed by atoms with Crippen LogP contribution in [0.25, 0.3) is 0 Å². The highest BCUT2D eigenvalue weighted by Gasteiger charge is 2.65. The van der Waals surface area contributed by atoms with Gasteiger partial charge in [0.25, 0.3) is 0 Å². The third kappa shape index (κ3) is 8.25. The molecular formula is C36H63NO13. The van der Waals surface area contributed by atoms with Gasteiger partial charge in [-0.2, -0.15) is 0 Å². The van der Waals surface area contributed by atoms with Crippen LogP contribution in [-0.4, -0.2) is 143 Å². The maximum atomic E-state index is 14.0. The number of likely N-dealkylation sites (N-methyl/N-ethyl adjacent to an activating group) is 1. The number of esters is 1. The largest absolute Gasteiger partial charge is 0.459 e. The number of carbonyl (C=O) groups is 2. The maximum Gasteiger partial charge on any atom is 0.311 e. The van der Waals surface area contributed by atoms with Crippen LogP contribution in [0, 0.1) is 23.7 Å². The minimum atomic E-state index is -1.97. The molecule has 50 heavy (non-hydrogen) atoms. The van der Waals surface area contributed by atoms with E-state index in [0.29, 0.717) is 6.42 Å². The summed E-state index contributed by atoms with van der Waals surface area (Å²) in [7, 11) is 5.26. The van der Waals surface area contributed by atoms with E-state index in [-0.39, 0.29) is 43.6 Å². The summed E-state index contributed by atoms with van der Waals surface area (Å²) in [6.45, 7) is 14.9. The molecular weight excluding hydrogens is 654 g/mol. The molecule has 4 rings (SSSR count). The lowest BCUT2D eigenvalue weighted by molar-refractivity contribution is -0.307. The number of rotatable bonds is 7. The Morgan fingerprint density at radius 1 is 0.940 bits per heavy atom. The molecule has 0 bridgehead atoms. The first-order valence-corrected chi connectivity index (χ1v) is 18.2. The minimum Gasteiger partial charge on any atom is -0.459 e. The number of epoxide rings is 1. The lowest BCUT2D eigenvalue weighted by Crippen LogP contribution is -2.60. The SMILES string of the molecule is CC[C@H]1OC(=O)[C@H](C)[C@@H](OC2CC3(OC)OC3C(C)O2)[C@H](C)[C@@H](OC2OC(C)CC(N(C)C)C2O)[C@](C)(O)C[C@@H](C)C(=O)[C@H](C)[C@@H](O)[C@]1(C)O. The van der Waals surface area contributed by atoms with E-state index in [2.05, 4.69) is 0 Å². The predicted octanol–water partition coefficient (Wildman–Crippen LogP) is 1.76. The van der Waals surface area contributed by atoms with Crippen molar-refractivity contribution in [3.8, 4) is 0 Å². The van der Waals surface area contributed by atoms with Crippen molar-refractivity contribution in [1.82, 2.24) is 4.90 Å². The van der Waals surface area contributed by atoms with E-state index in [0.717, 1.165) is 0 Å². The van der Waals surface area contributed by atoms with E-state index in [1.165, 1.54) is 20.8 Å². The fourth-order valence-electron chi connectivity index (χ4n) is 8.53. The number of carbonyl (C=O) groups excluding carboxylic acids is 2. The van der Waals surface area contributed by atoms with Crippen molar-refractivity contribution >= 4 is 11.8 Å². The van der Waals surface area contributed by atoms with Crippen LogP contribution in [0.4, 0.5) is 0 Å². The second-order valence-corrected chi connectivity index (χ2v) is 16.1. The van der Waals surface area contributed by atoms with E-state index in [4.69, 9.17) is 33.2 Å². The first kappa shape index (κ1) is 41.5. The molecule has 14 nitrogen and oxygen atoms in total. The number of cyclic esters (lactones) is 1. The number of methoxy groups -OCH3 is 1. The molecule has 0 aromatic carbocycles. The quantitative estimate of drug-likeness (QED) is 0.221. The molecule has 4 fully saturated rings. The average molecular weight is 718 g/mol. The van der Waals surface area contributed by atoms with E-state index < -0.39 is 95.5 Å². The molecule has 0 aromatic heterocycles. The van der Waals surface area contributed by atoms with Crippen LogP contribution in [-0.2, 0) is 42.7 Å². The number of hydrogen-bond acceptors (Lipinski definition) is 14. The summed E-state index contributed by atoms with van der Waals surface area (Å²) in [5, 5.41) is 46.7. The number of hydrogen-bond donors (Lipinski definition) is 4. The number of fused-ring (bicyclic) bond motifs is 1. The maximum absolute atomic E-state index is 14.0. The van der Waals surface area contributed by atoms with E-state index in [1.54, 1.807) is 34.8 Å². The number of Topliss-reactive ketones (excluding diaryl/α,β-unsaturated/α-hetero) is 1. The molecule has 14 heteroatoms. The van der Waals surface area contributed by atoms with Gasteiger partial charge in [0.1, 0.15) is 29.7 Å². The van der Waals surface area contributed by atoms with E-state index in [9.17, 15) is 30.0 Å². The fraction of sp³-hybridized carbons (Fsp3) is 0.944.